The zero-order valence-electron chi connectivity index (χ0n) is 29.8. The summed E-state index contributed by atoms with van der Waals surface area (Å²) in [5.41, 5.74) is 5.40. The number of phenolic OH excluding ortho intramolecular Hbond substituents is 2. The van der Waals surface area contributed by atoms with Crippen molar-refractivity contribution >= 4 is 46.0 Å². The SMILES string of the molecule is CC(C)(C)c1cc(CCCO[P+](=O)OCCCc2cc(C(C)(C)C)c(O)c(C(C)(C)C)c2)cc(C(C)(C)C)c1O.[Ca+2].[H-].[H-]. The molecule has 0 aliphatic rings. The van der Waals surface area contributed by atoms with Crippen LogP contribution in [-0.4, -0.2) is 61.2 Å². The molecule has 0 aliphatic heterocycles. The molecule has 0 radical (unpaired) electrons. The molecule has 41 heavy (non-hydrogen) atoms. The molecule has 2 aromatic rings. The van der Waals surface area contributed by atoms with Crippen LogP contribution >= 0.6 is 8.25 Å². The summed E-state index contributed by atoms with van der Waals surface area (Å²) in [6.45, 7) is 26.0. The maximum atomic E-state index is 12.3. The molecule has 5 nitrogen and oxygen atoms in total. The first kappa shape index (κ1) is 38.3. The van der Waals surface area contributed by atoms with Gasteiger partial charge in [-0.3, -0.25) is 0 Å². The average molecular weight is 616 g/mol. The van der Waals surface area contributed by atoms with E-state index >= 15 is 0 Å². The molecular weight excluding hydrogens is 559 g/mol. The van der Waals surface area contributed by atoms with Crippen molar-refractivity contribution in [3.8, 4) is 11.5 Å². The molecule has 0 unspecified atom stereocenters. The quantitative estimate of drug-likeness (QED) is 0.158. The first-order valence-corrected chi connectivity index (χ1v) is 15.7. The molecule has 7 heteroatoms. The fourth-order valence-corrected chi connectivity index (χ4v) is 5.46. The Hall–Kier alpha value is -0.680. The van der Waals surface area contributed by atoms with E-state index in [1.165, 1.54) is 0 Å². The number of phenols is 2. The number of aromatic hydroxyl groups is 2. The summed E-state index contributed by atoms with van der Waals surface area (Å²) in [7, 11) is -2.18. The summed E-state index contributed by atoms with van der Waals surface area (Å²) in [6.07, 6.45) is 2.95. The van der Waals surface area contributed by atoms with Crippen LogP contribution in [0.4, 0.5) is 0 Å². The Morgan fingerprint density at radius 2 is 0.829 bits per heavy atom. The van der Waals surface area contributed by atoms with Crippen molar-refractivity contribution in [1.82, 2.24) is 0 Å². The summed E-state index contributed by atoms with van der Waals surface area (Å²) in [6, 6.07) is 8.34. The van der Waals surface area contributed by atoms with E-state index < -0.39 is 8.25 Å². The first-order chi connectivity index (χ1) is 18.1. The molecule has 0 saturated carbocycles. The Morgan fingerprint density at radius 1 is 0.585 bits per heavy atom. The Labute approximate surface area is 283 Å². The van der Waals surface area contributed by atoms with Gasteiger partial charge in [-0.05, 0) is 80.7 Å². The molecule has 0 aliphatic carbocycles. The minimum absolute atomic E-state index is 0. The molecule has 0 fully saturated rings. The molecule has 2 aromatic carbocycles. The van der Waals surface area contributed by atoms with Crippen LogP contribution in [0.5, 0.6) is 11.5 Å². The van der Waals surface area contributed by atoms with Crippen LogP contribution < -0.4 is 0 Å². The van der Waals surface area contributed by atoms with E-state index in [4.69, 9.17) is 9.05 Å². The molecule has 0 bridgehead atoms. The van der Waals surface area contributed by atoms with E-state index in [1.807, 2.05) is 0 Å². The summed E-state index contributed by atoms with van der Waals surface area (Å²) in [5, 5.41) is 21.8. The number of hydrogen-bond acceptors (Lipinski definition) is 5. The molecule has 2 rings (SSSR count). The van der Waals surface area contributed by atoms with Gasteiger partial charge in [-0.2, -0.15) is 0 Å². The summed E-state index contributed by atoms with van der Waals surface area (Å²) < 4.78 is 23.3. The zero-order chi connectivity index (χ0) is 30.7. The summed E-state index contributed by atoms with van der Waals surface area (Å²) in [5.74, 6) is 0.765. The Bertz CT molecular complexity index is 1030. The van der Waals surface area contributed by atoms with Crippen LogP contribution in [0.15, 0.2) is 24.3 Å². The molecule has 0 heterocycles. The minimum Gasteiger partial charge on any atom is -1.00 e. The van der Waals surface area contributed by atoms with Crippen LogP contribution in [0.3, 0.4) is 0 Å². The van der Waals surface area contributed by atoms with Crippen molar-refractivity contribution in [1.29, 1.82) is 0 Å². The predicted molar refractivity (Wildman–Crippen MR) is 175 cm³/mol. The van der Waals surface area contributed by atoms with Crippen molar-refractivity contribution in [2.45, 2.75) is 130 Å². The van der Waals surface area contributed by atoms with Gasteiger partial charge in [-0.1, -0.05) is 107 Å². The second-order valence-electron chi connectivity index (χ2n) is 15.2. The van der Waals surface area contributed by atoms with Gasteiger partial charge in [-0.25, -0.2) is 0 Å². The van der Waals surface area contributed by atoms with Gasteiger partial charge in [0, 0.05) is 4.57 Å². The van der Waals surface area contributed by atoms with Gasteiger partial charge in [0.1, 0.15) is 24.7 Å². The zero-order valence-corrected chi connectivity index (χ0v) is 30.9. The van der Waals surface area contributed by atoms with E-state index in [-0.39, 0.29) is 62.3 Å². The summed E-state index contributed by atoms with van der Waals surface area (Å²) in [4.78, 5) is 0. The van der Waals surface area contributed by atoms with Gasteiger partial charge in [0.15, 0.2) is 0 Å². The van der Waals surface area contributed by atoms with Gasteiger partial charge in [0.25, 0.3) is 0 Å². The molecule has 0 aromatic heterocycles. The van der Waals surface area contributed by atoms with Crippen molar-refractivity contribution in [3.05, 3.63) is 57.6 Å². The van der Waals surface area contributed by atoms with Gasteiger partial charge in [-0.15, -0.1) is 9.05 Å². The third kappa shape index (κ3) is 11.4. The van der Waals surface area contributed by atoms with Crippen LogP contribution in [0.1, 0.15) is 132 Å². The molecule has 0 amide bonds. The first-order valence-electron chi connectivity index (χ1n) is 14.6. The van der Waals surface area contributed by atoms with Gasteiger partial charge in [0.05, 0.1) is 0 Å². The molecule has 0 spiro atoms. The Morgan fingerprint density at radius 3 is 1.05 bits per heavy atom. The number of benzene rings is 2. The standard InChI is InChI=1S/C34H53O5P.Ca.2H/c1-31(2,3)25-19-23(20-26(29(25)35)32(4,5)6)15-13-17-38-40(37)39-18-14-16-24-21-27(33(7,8)9)30(36)28(22-24)34(10,11)12;;;/h19-22H,13-18H2,1-12H3,(H-,35,36);;;/q;+2;2*-1/p+1. The largest absolute Gasteiger partial charge is 2.00 e. The maximum Gasteiger partial charge on any atom is 2.00 e. The number of aryl methyl sites for hydroxylation is 2. The maximum absolute atomic E-state index is 12.3. The van der Waals surface area contributed by atoms with Crippen LogP contribution in [0, 0.1) is 0 Å². The number of hydrogen-bond donors (Lipinski definition) is 2. The van der Waals surface area contributed by atoms with Crippen LogP contribution in [-0.2, 0) is 48.1 Å². The smallest absolute Gasteiger partial charge is 1.00 e. The fraction of sp³-hybridized carbons (Fsp3) is 0.647. The Kier molecular flexibility index (Phi) is 13.9. The minimum atomic E-state index is -2.18. The molecule has 228 valence electrons. The van der Waals surface area contributed by atoms with E-state index in [0.717, 1.165) is 46.2 Å². The fourth-order valence-electron chi connectivity index (χ4n) is 4.83. The normalized spacial score (nSPS) is 12.8. The van der Waals surface area contributed by atoms with Gasteiger partial charge in [0.2, 0.25) is 0 Å². The van der Waals surface area contributed by atoms with Crippen LogP contribution in [0.25, 0.3) is 0 Å². The van der Waals surface area contributed by atoms with E-state index in [0.29, 0.717) is 37.6 Å². The summed E-state index contributed by atoms with van der Waals surface area (Å²) >= 11 is 0. The van der Waals surface area contributed by atoms with Gasteiger partial charge >= 0.3 is 46.0 Å². The van der Waals surface area contributed by atoms with E-state index in [1.54, 1.807) is 0 Å². The molecule has 2 N–H and O–H groups in total. The predicted octanol–water partition coefficient (Wildman–Crippen LogP) is 9.39. The van der Waals surface area contributed by atoms with E-state index in [9.17, 15) is 14.8 Å². The molecular formula is C34H56CaO5P+. The molecule has 0 atom stereocenters. The Balaban J connectivity index is 0. The second-order valence-corrected chi connectivity index (χ2v) is 16.1. The monoisotopic (exact) mass is 615 g/mol. The van der Waals surface area contributed by atoms with Crippen molar-refractivity contribution in [2.24, 2.45) is 0 Å². The van der Waals surface area contributed by atoms with E-state index in [2.05, 4.69) is 107 Å². The van der Waals surface area contributed by atoms with Gasteiger partial charge < -0.3 is 13.1 Å². The van der Waals surface area contributed by atoms with Crippen molar-refractivity contribution < 1.29 is 26.7 Å². The number of rotatable bonds is 10. The third-order valence-corrected chi connectivity index (χ3v) is 7.97. The van der Waals surface area contributed by atoms with Crippen molar-refractivity contribution in [3.63, 3.8) is 0 Å². The average Bonchev–Trinajstić information content (AvgIpc) is 2.78. The van der Waals surface area contributed by atoms with Crippen LogP contribution in [0.2, 0.25) is 0 Å². The van der Waals surface area contributed by atoms with Crippen molar-refractivity contribution in [2.75, 3.05) is 13.2 Å². The third-order valence-electron chi connectivity index (χ3n) is 7.18. The molecule has 0 saturated heterocycles. The second kappa shape index (κ2) is 14.9. The topological polar surface area (TPSA) is 76.0 Å².